The van der Waals surface area contributed by atoms with Crippen molar-refractivity contribution in [1.82, 2.24) is 4.90 Å². The van der Waals surface area contributed by atoms with Gasteiger partial charge in [-0.1, -0.05) is 24.3 Å². The molecule has 198 valence electrons. The van der Waals surface area contributed by atoms with Gasteiger partial charge in [-0.25, -0.2) is 4.39 Å². The van der Waals surface area contributed by atoms with Crippen LogP contribution in [0.25, 0.3) is 5.76 Å². The molecule has 1 saturated heterocycles. The van der Waals surface area contributed by atoms with Crippen molar-refractivity contribution in [2.24, 2.45) is 0 Å². The second-order valence-corrected chi connectivity index (χ2v) is 8.54. The van der Waals surface area contributed by atoms with Crippen molar-refractivity contribution in [3.63, 3.8) is 0 Å². The van der Waals surface area contributed by atoms with Gasteiger partial charge in [0.15, 0.2) is 0 Å². The van der Waals surface area contributed by atoms with Crippen molar-refractivity contribution in [3.8, 4) is 17.2 Å². The maximum Gasteiger partial charge on any atom is 0.295 e. The number of halogens is 1. The number of hydrogen-bond acceptors (Lipinski definition) is 7. The van der Waals surface area contributed by atoms with Gasteiger partial charge in [-0.15, -0.1) is 0 Å². The number of carbonyl (C=O) groups excluding carboxylic acids is 2. The van der Waals surface area contributed by atoms with Crippen LogP contribution >= 0.6 is 0 Å². The number of amides is 1. The SMILES string of the molecule is COCCN1C(=O)C(=O)/C(=C(/O)c2ccc(OC)cc2OC)C1c1cccc(OCc2ccc(F)cc2)c1. The summed E-state index contributed by atoms with van der Waals surface area (Å²) < 4.78 is 34.9. The molecule has 9 heteroatoms. The lowest BCUT2D eigenvalue weighted by molar-refractivity contribution is -0.140. The zero-order valence-electron chi connectivity index (χ0n) is 21.3. The van der Waals surface area contributed by atoms with E-state index in [1.54, 1.807) is 54.6 Å². The first-order valence-corrected chi connectivity index (χ1v) is 11.8. The Bertz CT molecular complexity index is 1350. The van der Waals surface area contributed by atoms with Crippen molar-refractivity contribution in [3.05, 3.63) is 94.8 Å². The second kappa shape index (κ2) is 11.8. The van der Waals surface area contributed by atoms with Crippen LogP contribution in [-0.2, 0) is 20.9 Å². The van der Waals surface area contributed by atoms with E-state index in [1.165, 1.54) is 38.4 Å². The van der Waals surface area contributed by atoms with Gasteiger partial charge in [0, 0.05) is 19.7 Å². The summed E-state index contributed by atoms with van der Waals surface area (Å²) in [5.74, 6) is -1.02. The Hall–Kier alpha value is -4.37. The van der Waals surface area contributed by atoms with E-state index >= 15 is 0 Å². The predicted molar refractivity (Wildman–Crippen MR) is 138 cm³/mol. The van der Waals surface area contributed by atoms with Gasteiger partial charge in [0.2, 0.25) is 0 Å². The summed E-state index contributed by atoms with van der Waals surface area (Å²) in [6.07, 6.45) is 0. The highest BCUT2D eigenvalue weighted by molar-refractivity contribution is 6.46. The van der Waals surface area contributed by atoms with Gasteiger partial charge in [0.1, 0.15) is 35.4 Å². The van der Waals surface area contributed by atoms with Gasteiger partial charge in [-0.05, 0) is 47.5 Å². The smallest absolute Gasteiger partial charge is 0.295 e. The van der Waals surface area contributed by atoms with Gasteiger partial charge >= 0.3 is 0 Å². The molecule has 1 heterocycles. The Labute approximate surface area is 219 Å². The number of carbonyl (C=O) groups is 2. The monoisotopic (exact) mass is 521 g/mol. The Morgan fingerprint density at radius 2 is 1.71 bits per heavy atom. The third-order valence-electron chi connectivity index (χ3n) is 6.23. The quantitative estimate of drug-likeness (QED) is 0.239. The number of methoxy groups -OCH3 is 3. The zero-order chi connectivity index (χ0) is 27.2. The van der Waals surface area contributed by atoms with E-state index in [-0.39, 0.29) is 48.2 Å². The number of likely N-dealkylation sites (tertiary alicyclic amines) is 1. The fraction of sp³-hybridized carbons (Fsp3) is 0.241. The number of aliphatic hydroxyl groups excluding tert-OH is 1. The van der Waals surface area contributed by atoms with Gasteiger partial charge in [-0.3, -0.25) is 9.59 Å². The fourth-order valence-corrected chi connectivity index (χ4v) is 4.31. The molecule has 3 aromatic carbocycles. The number of ether oxygens (including phenoxy) is 4. The molecule has 38 heavy (non-hydrogen) atoms. The van der Waals surface area contributed by atoms with Gasteiger partial charge in [0.05, 0.1) is 38.0 Å². The van der Waals surface area contributed by atoms with Crippen molar-refractivity contribution in [1.29, 1.82) is 0 Å². The summed E-state index contributed by atoms with van der Waals surface area (Å²) in [6.45, 7) is 0.510. The molecule has 3 aromatic rings. The van der Waals surface area contributed by atoms with E-state index < -0.39 is 17.7 Å². The summed E-state index contributed by atoms with van der Waals surface area (Å²) in [7, 11) is 4.43. The number of hydrogen-bond donors (Lipinski definition) is 1. The van der Waals surface area contributed by atoms with Crippen molar-refractivity contribution in [2.75, 3.05) is 34.5 Å². The first kappa shape index (κ1) is 26.7. The largest absolute Gasteiger partial charge is 0.507 e. The standard InChI is InChI=1S/C29H28FNO7/c1-35-14-13-31-26(19-5-4-6-22(15-19)38-17-18-7-9-20(30)10-8-18)25(28(33)29(31)34)27(32)23-12-11-21(36-2)16-24(23)37-3/h4-12,15-16,26,32H,13-14,17H2,1-3H3/b27-25+. The summed E-state index contributed by atoms with van der Waals surface area (Å²) in [4.78, 5) is 27.7. The molecule has 0 aliphatic carbocycles. The van der Waals surface area contributed by atoms with Crippen LogP contribution in [0.15, 0.2) is 72.3 Å². The van der Waals surface area contributed by atoms with Crippen LogP contribution in [0, 0.1) is 5.82 Å². The lowest BCUT2D eigenvalue weighted by atomic mass is 9.94. The molecule has 0 spiro atoms. The summed E-state index contributed by atoms with van der Waals surface area (Å²) in [6, 6.07) is 16.8. The van der Waals surface area contributed by atoms with E-state index in [2.05, 4.69) is 0 Å². The first-order valence-electron chi connectivity index (χ1n) is 11.8. The minimum Gasteiger partial charge on any atom is -0.507 e. The maximum atomic E-state index is 13.2. The fourth-order valence-electron chi connectivity index (χ4n) is 4.31. The minimum absolute atomic E-state index is 0.0785. The highest BCUT2D eigenvalue weighted by Gasteiger charge is 2.46. The highest BCUT2D eigenvalue weighted by atomic mass is 19.1. The third-order valence-corrected chi connectivity index (χ3v) is 6.23. The molecule has 1 atom stereocenters. The average Bonchev–Trinajstić information content (AvgIpc) is 3.20. The Kier molecular flexibility index (Phi) is 8.28. The normalized spacial score (nSPS) is 16.5. The lowest BCUT2D eigenvalue weighted by Crippen LogP contribution is -2.32. The topological polar surface area (TPSA) is 94.5 Å². The molecule has 1 aliphatic heterocycles. The molecule has 1 N–H and O–H groups in total. The number of Topliss-reactive ketones (excluding diaryl/α,β-unsaturated/α-hetero) is 1. The molecule has 0 aromatic heterocycles. The lowest BCUT2D eigenvalue weighted by Gasteiger charge is -2.25. The molecule has 4 rings (SSSR count). The van der Waals surface area contributed by atoms with E-state index in [0.29, 0.717) is 17.1 Å². The molecule has 0 radical (unpaired) electrons. The summed E-state index contributed by atoms with van der Waals surface area (Å²) in [5, 5.41) is 11.4. The van der Waals surface area contributed by atoms with Crippen molar-refractivity contribution >= 4 is 17.4 Å². The van der Waals surface area contributed by atoms with Crippen molar-refractivity contribution in [2.45, 2.75) is 12.6 Å². The molecule has 1 aliphatic rings. The van der Waals surface area contributed by atoms with Gasteiger partial charge < -0.3 is 29.0 Å². The predicted octanol–water partition coefficient (Wildman–Crippen LogP) is 4.49. The second-order valence-electron chi connectivity index (χ2n) is 8.54. The van der Waals surface area contributed by atoms with Crippen LogP contribution in [0.3, 0.4) is 0 Å². The van der Waals surface area contributed by atoms with Crippen LogP contribution in [0.5, 0.6) is 17.2 Å². The zero-order valence-corrected chi connectivity index (χ0v) is 21.3. The number of rotatable bonds is 10. The summed E-state index contributed by atoms with van der Waals surface area (Å²) >= 11 is 0. The van der Waals surface area contributed by atoms with Crippen LogP contribution in [0.4, 0.5) is 4.39 Å². The van der Waals surface area contributed by atoms with Crippen LogP contribution in [0.2, 0.25) is 0 Å². The highest BCUT2D eigenvalue weighted by Crippen LogP contribution is 2.42. The number of ketones is 1. The third kappa shape index (κ3) is 5.47. The number of benzene rings is 3. The van der Waals surface area contributed by atoms with E-state index in [4.69, 9.17) is 18.9 Å². The van der Waals surface area contributed by atoms with Crippen LogP contribution in [0.1, 0.15) is 22.7 Å². The molecule has 1 fully saturated rings. The van der Waals surface area contributed by atoms with Gasteiger partial charge in [-0.2, -0.15) is 0 Å². The molecule has 0 saturated carbocycles. The molecule has 0 bridgehead atoms. The van der Waals surface area contributed by atoms with E-state index in [0.717, 1.165) is 5.56 Å². The maximum absolute atomic E-state index is 13.2. The average molecular weight is 522 g/mol. The van der Waals surface area contributed by atoms with Crippen molar-refractivity contribution < 1.29 is 38.0 Å². The number of nitrogens with zero attached hydrogens (tertiary/aromatic N) is 1. The molecular weight excluding hydrogens is 493 g/mol. The minimum atomic E-state index is -0.897. The summed E-state index contributed by atoms with van der Waals surface area (Å²) in [5.41, 5.74) is 1.50. The molecule has 1 amide bonds. The van der Waals surface area contributed by atoms with Crippen LogP contribution < -0.4 is 14.2 Å². The number of aliphatic hydroxyl groups is 1. The molecule has 1 unspecified atom stereocenters. The molecule has 8 nitrogen and oxygen atoms in total. The Morgan fingerprint density at radius 3 is 2.39 bits per heavy atom. The molecular formula is C29H28FNO7. The van der Waals surface area contributed by atoms with E-state index in [9.17, 15) is 19.1 Å². The Balaban J connectivity index is 1.76. The first-order chi connectivity index (χ1) is 18.4. The van der Waals surface area contributed by atoms with E-state index in [1.807, 2.05) is 0 Å². The Morgan fingerprint density at radius 1 is 0.947 bits per heavy atom. The van der Waals surface area contributed by atoms with Gasteiger partial charge in [0.25, 0.3) is 11.7 Å². The van der Waals surface area contributed by atoms with Crippen LogP contribution in [-0.4, -0.2) is 56.2 Å².